The number of nitriles is 1. The summed E-state index contributed by atoms with van der Waals surface area (Å²) >= 11 is 8.56. The van der Waals surface area contributed by atoms with E-state index in [1.54, 1.807) is 36.6 Å². The molecule has 0 saturated heterocycles. The van der Waals surface area contributed by atoms with Crippen LogP contribution >= 0.6 is 34.3 Å². The molecule has 0 aliphatic rings. The van der Waals surface area contributed by atoms with Crippen LogP contribution in [0.25, 0.3) is 17.2 Å². The van der Waals surface area contributed by atoms with Gasteiger partial charge in [0.15, 0.2) is 0 Å². The Morgan fingerprint density at radius 2 is 2.00 bits per heavy atom. The van der Waals surface area contributed by atoms with Crippen LogP contribution in [0.4, 0.5) is 5.00 Å². The minimum atomic E-state index is -0.587. The van der Waals surface area contributed by atoms with Crippen LogP contribution in [0.5, 0.6) is 0 Å². The monoisotopic (exact) mass is 442 g/mol. The quantitative estimate of drug-likeness (QED) is 0.295. The number of hydrogen-bond donors (Lipinski definition) is 1. The largest absolute Gasteiger partial charge is 0.462 e. The van der Waals surface area contributed by atoms with Gasteiger partial charge in [0.25, 0.3) is 5.91 Å². The molecule has 8 heteroatoms. The van der Waals surface area contributed by atoms with Crippen LogP contribution in [0, 0.1) is 11.3 Å². The average molecular weight is 443 g/mol. The summed E-state index contributed by atoms with van der Waals surface area (Å²) in [6, 6.07) is 12.6. The molecule has 0 aliphatic carbocycles. The first-order valence-electron chi connectivity index (χ1n) is 8.54. The summed E-state index contributed by atoms with van der Waals surface area (Å²) in [6.07, 6.45) is 1.51. The van der Waals surface area contributed by atoms with Gasteiger partial charge in [-0.1, -0.05) is 29.8 Å². The van der Waals surface area contributed by atoms with Gasteiger partial charge in [-0.15, -0.1) is 22.7 Å². The SMILES string of the molecule is CCOC(=O)c1c(-c2ccc(Cl)cc2)csc1NC(=O)C(C#N)=Cc1cccs1. The minimum Gasteiger partial charge on any atom is -0.462 e. The number of carbonyl (C=O) groups excluding carboxylic acids is 2. The van der Waals surface area contributed by atoms with E-state index in [1.807, 2.05) is 23.6 Å². The van der Waals surface area contributed by atoms with Gasteiger partial charge in [0.1, 0.15) is 22.2 Å². The zero-order chi connectivity index (χ0) is 20.8. The van der Waals surface area contributed by atoms with Crippen LogP contribution in [-0.2, 0) is 9.53 Å². The first-order chi connectivity index (χ1) is 14.0. The van der Waals surface area contributed by atoms with E-state index in [9.17, 15) is 14.9 Å². The molecule has 0 radical (unpaired) electrons. The molecule has 0 saturated carbocycles. The standard InChI is InChI=1S/C21H15ClN2O3S2/c1-2-27-21(26)18-17(13-5-7-15(22)8-6-13)12-29-20(18)24-19(25)14(11-23)10-16-4-3-9-28-16/h3-10,12H,2H2,1H3,(H,24,25). The van der Waals surface area contributed by atoms with E-state index >= 15 is 0 Å². The highest BCUT2D eigenvalue weighted by atomic mass is 35.5. The Bertz CT molecular complexity index is 1090. The third-order valence-electron chi connectivity index (χ3n) is 3.85. The molecule has 1 aromatic carbocycles. The zero-order valence-corrected chi connectivity index (χ0v) is 17.7. The van der Waals surface area contributed by atoms with E-state index < -0.39 is 11.9 Å². The summed E-state index contributed by atoms with van der Waals surface area (Å²) in [5.74, 6) is -1.13. The van der Waals surface area contributed by atoms with Crippen molar-refractivity contribution < 1.29 is 14.3 Å². The fourth-order valence-electron chi connectivity index (χ4n) is 2.53. The summed E-state index contributed by atoms with van der Waals surface area (Å²) in [4.78, 5) is 26.0. The molecule has 29 heavy (non-hydrogen) atoms. The normalized spacial score (nSPS) is 11.0. The molecular formula is C21H15ClN2O3S2. The number of nitrogens with zero attached hydrogens (tertiary/aromatic N) is 1. The third-order valence-corrected chi connectivity index (χ3v) is 5.81. The number of thiophene rings is 2. The molecular weight excluding hydrogens is 428 g/mol. The zero-order valence-electron chi connectivity index (χ0n) is 15.3. The van der Waals surface area contributed by atoms with Gasteiger partial charge in [0.2, 0.25) is 0 Å². The molecule has 1 amide bonds. The number of anilines is 1. The van der Waals surface area contributed by atoms with Crippen LogP contribution in [0.1, 0.15) is 22.2 Å². The Balaban J connectivity index is 1.96. The number of benzene rings is 1. The fourth-order valence-corrected chi connectivity index (χ4v) is 4.27. The fraction of sp³-hybridized carbons (Fsp3) is 0.0952. The number of ether oxygens (including phenoxy) is 1. The van der Waals surface area contributed by atoms with Crippen molar-refractivity contribution >= 4 is 57.2 Å². The van der Waals surface area contributed by atoms with Gasteiger partial charge >= 0.3 is 5.97 Å². The smallest absolute Gasteiger partial charge is 0.341 e. The molecule has 1 N–H and O–H groups in total. The second-order valence-corrected chi connectivity index (χ2v) is 8.02. The minimum absolute atomic E-state index is 0.0521. The van der Waals surface area contributed by atoms with Crippen LogP contribution in [0.3, 0.4) is 0 Å². The molecule has 146 valence electrons. The van der Waals surface area contributed by atoms with Gasteiger partial charge in [0.05, 0.1) is 6.61 Å². The van der Waals surface area contributed by atoms with Gasteiger partial charge in [-0.05, 0) is 42.1 Å². The number of esters is 1. The molecule has 0 aliphatic heterocycles. The maximum Gasteiger partial charge on any atom is 0.341 e. The van der Waals surface area contributed by atoms with Crippen molar-refractivity contribution in [3.63, 3.8) is 0 Å². The Morgan fingerprint density at radius 3 is 2.62 bits per heavy atom. The summed E-state index contributed by atoms with van der Waals surface area (Å²) in [6.45, 7) is 1.91. The van der Waals surface area contributed by atoms with Crippen molar-refractivity contribution in [2.45, 2.75) is 6.92 Å². The van der Waals surface area contributed by atoms with Crippen molar-refractivity contribution in [2.75, 3.05) is 11.9 Å². The van der Waals surface area contributed by atoms with Crippen molar-refractivity contribution in [1.82, 2.24) is 0 Å². The van der Waals surface area contributed by atoms with E-state index in [1.165, 1.54) is 28.7 Å². The Hall–Kier alpha value is -2.92. The number of nitrogens with one attached hydrogen (secondary N) is 1. The Kier molecular flexibility index (Phi) is 6.83. The summed E-state index contributed by atoms with van der Waals surface area (Å²) in [5.41, 5.74) is 1.59. The van der Waals surface area contributed by atoms with Crippen LogP contribution < -0.4 is 5.32 Å². The molecule has 2 aromatic heterocycles. The van der Waals surface area contributed by atoms with Gasteiger partial charge in [-0.3, -0.25) is 4.79 Å². The number of rotatable bonds is 6. The van der Waals surface area contributed by atoms with E-state index in [2.05, 4.69) is 5.32 Å². The summed E-state index contributed by atoms with van der Waals surface area (Å²) in [5, 5.41) is 16.6. The van der Waals surface area contributed by atoms with E-state index in [-0.39, 0.29) is 17.7 Å². The molecule has 0 atom stereocenters. The predicted octanol–water partition coefficient (Wildman–Crippen LogP) is 5.85. The second kappa shape index (κ2) is 9.52. The molecule has 3 rings (SSSR count). The van der Waals surface area contributed by atoms with Crippen LogP contribution in [0.15, 0.2) is 52.7 Å². The maximum atomic E-state index is 12.6. The van der Waals surface area contributed by atoms with Crippen molar-refractivity contribution in [1.29, 1.82) is 5.26 Å². The van der Waals surface area contributed by atoms with E-state index in [0.717, 1.165) is 10.4 Å². The number of halogens is 1. The lowest BCUT2D eigenvalue weighted by Crippen LogP contribution is -2.16. The lowest BCUT2D eigenvalue weighted by molar-refractivity contribution is -0.112. The van der Waals surface area contributed by atoms with Gasteiger partial charge in [0, 0.05) is 20.8 Å². The summed E-state index contributed by atoms with van der Waals surface area (Å²) < 4.78 is 5.18. The molecule has 5 nitrogen and oxygen atoms in total. The molecule has 3 aromatic rings. The molecule has 0 unspecified atom stereocenters. The van der Waals surface area contributed by atoms with Crippen molar-refractivity contribution in [2.24, 2.45) is 0 Å². The highest BCUT2D eigenvalue weighted by Crippen LogP contribution is 2.37. The molecule has 0 fully saturated rings. The second-order valence-electron chi connectivity index (χ2n) is 5.72. The highest BCUT2D eigenvalue weighted by molar-refractivity contribution is 7.15. The maximum absolute atomic E-state index is 12.6. The van der Waals surface area contributed by atoms with Gasteiger partial charge in [-0.2, -0.15) is 5.26 Å². The first-order valence-corrected chi connectivity index (χ1v) is 10.7. The molecule has 0 spiro atoms. The molecule has 2 heterocycles. The van der Waals surface area contributed by atoms with Gasteiger partial charge in [-0.25, -0.2) is 4.79 Å². The van der Waals surface area contributed by atoms with Crippen molar-refractivity contribution in [3.8, 4) is 17.2 Å². The lowest BCUT2D eigenvalue weighted by atomic mass is 10.0. The number of amides is 1. The first kappa shape index (κ1) is 20.8. The van der Waals surface area contributed by atoms with Crippen molar-refractivity contribution in [3.05, 3.63) is 68.2 Å². The average Bonchev–Trinajstić information content (AvgIpc) is 3.36. The summed E-state index contributed by atoms with van der Waals surface area (Å²) in [7, 11) is 0. The topological polar surface area (TPSA) is 79.2 Å². The highest BCUT2D eigenvalue weighted by Gasteiger charge is 2.23. The lowest BCUT2D eigenvalue weighted by Gasteiger charge is -2.08. The predicted molar refractivity (Wildman–Crippen MR) is 117 cm³/mol. The number of carbonyl (C=O) groups is 2. The number of hydrogen-bond acceptors (Lipinski definition) is 6. The van der Waals surface area contributed by atoms with Crippen LogP contribution in [0.2, 0.25) is 5.02 Å². The van der Waals surface area contributed by atoms with Crippen LogP contribution in [-0.4, -0.2) is 18.5 Å². The van der Waals surface area contributed by atoms with E-state index in [4.69, 9.17) is 16.3 Å². The Morgan fingerprint density at radius 1 is 1.24 bits per heavy atom. The Labute approximate surface area is 180 Å². The molecule has 0 bridgehead atoms. The third kappa shape index (κ3) is 4.93. The van der Waals surface area contributed by atoms with Gasteiger partial charge < -0.3 is 10.1 Å². The van der Waals surface area contributed by atoms with E-state index in [0.29, 0.717) is 15.6 Å².